The minimum Gasteiger partial charge on any atom is -0.495 e. The summed E-state index contributed by atoms with van der Waals surface area (Å²) in [5, 5.41) is 12.5. The van der Waals surface area contributed by atoms with Crippen molar-refractivity contribution in [2.75, 3.05) is 33.5 Å². The van der Waals surface area contributed by atoms with E-state index in [1.165, 1.54) is 0 Å². The zero-order chi connectivity index (χ0) is 13.2. The number of nitrogens with one attached hydrogen (secondary N) is 1. The van der Waals surface area contributed by atoms with E-state index in [0.717, 1.165) is 25.1 Å². The van der Waals surface area contributed by atoms with Crippen LogP contribution < -0.4 is 10.1 Å². The molecule has 0 aromatic heterocycles. The first kappa shape index (κ1) is 15.2. The molecule has 1 aromatic carbocycles. The lowest BCUT2D eigenvalue weighted by molar-refractivity contribution is 0.0907. The summed E-state index contributed by atoms with van der Waals surface area (Å²) in [6.07, 6.45) is 0.921. The molecule has 0 unspecified atom stereocenters. The third-order valence-corrected chi connectivity index (χ3v) is 2.72. The van der Waals surface area contributed by atoms with E-state index < -0.39 is 0 Å². The summed E-state index contributed by atoms with van der Waals surface area (Å²) in [5.41, 5.74) is 1.12. The molecule has 0 radical (unpaired) electrons. The van der Waals surface area contributed by atoms with Crippen LogP contribution in [0.1, 0.15) is 12.0 Å². The highest BCUT2D eigenvalue weighted by molar-refractivity contribution is 6.32. The molecule has 18 heavy (non-hydrogen) atoms. The van der Waals surface area contributed by atoms with Crippen LogP contribution >= 0.6 is 11.6 Å². The number of rotatable bonds is 9. The van der Waals surface area contributed by atoms with Gasteiger partial charge in [0.25, 0.3) is 0 Å². The zero-order valence-electron chi connectivity index (χ0n) is 10.6. The molecule has 102 valence electrons. The van der Waals surface area contributed by atoms with Crippen molar-refractivity contribution in [1.29, 1.82) is 0 Å². The van der Waals surface area contributed by atoms with Gasteiger partial charge in [-0.25, -0.2) is 0 Å². The molecule has 0 saturated carbocycles. The second-order valence-corrected chi connectivity index (χ2v) is 4.24. The first-order chi connectivity index (χ1) is 8.77. The van der Waals surface area contributed by atoms with Crippen molar-refractivity contribution >= 4 is 11.6 Å². The van der Waals surface area contributed by atoms with Crippen LogP contribution in [-0.2, 0) is 11.3 Å². The van der Waals surface area contributed by atoms with Crippen LogP contribution in [0.2, 0.25) is 5.02 Å². The second-order valence-electron chi connectivity index (χ2n) is 3.84. The lowest BCUT2D eigenvalue weighted by Crippen LogP contribution is -2.16. The molecule has 0 heterocycles. The Morgan fingerprint density at radius 3 is 2.83 bits per heavy atom. The van der Waals surface area contributed by atoms with Gasteiger partial charge in [0.1, 0.15) is 5.75 Å². The highest BCUT2D eigenvalue weighted by Gasteiger charge is 2.01. The van der Waals surface area contributed by atoms with E-state index in [2.05, 4.69) is 5.32 Å². The predicted octanol–water partition coefficient (Wildman–Crippen LogP) is 1.84. The maximum atomic E-state index is 8.52. The Morgan fingerprint density at radius 2 is 2.17 bits per heavy atom. The quantitative estimate of drug-likeness (QED) is 0.674. The fourth-order valence-corrected chi connectivity index (χ4v) is 1.80. The molecule has 0 amide bonds. The Kier molecular flexibility index (Phi) is 7.76. The summed E-state index contributed by atoms with van der Waals surface area (Å²) >= 11 is 6.03. The number of aliphatic hydroxyl groups excluding tert-OH is 1. The third kappa shape index (κ3) is 5.69. The number of hydrogen-bond donors (Lipinski definition) is 2. The van der Waals surface area contributed by atoms with E-state index in [-0.39, 0.29) is 6.61 Å². The fraction of sp³-hybridized carbons (Fsp3) is 0.538. The number of hydrogen-bond acceptors (Lipinski definition) is 4. The molecule has 0 saturated heterocycles. The van der Waals surface area contributed by atoms with Gasteiger partial charge in [0.05, 0.1) is 25.3 Å². The van der Waals surface area contributed by atoms with Crippen LogP contribution in [0.25, 0.3) is 0 Å². The summed E-state index contributed by atoms with van der Waals surface area (Å²) in [5.74, 6) is 0.692. The van der Waals surface area contributed by atoms with E-state index >= 15 is 0 Å². The minimum atomic E-state index is 0.0811. The van der Waals surface area contributed by atoms with Crippen LogP contribution in [0.4, 0.5) is 0 Å². The SMILES string of the molecule is COc1ccc(CNCCCOCCO)cc1Cl. The molecule has 0 aliphatic rings. The van der Waals surface area contributed by atoms with E-state index in [0.29, 0.717) is 24.0 Å². The molecule has 0 bridgehead atoms. The maximum Gasteiger partial charge on any atom is 0.137 e. The molecule has 1 rings (SSSR count). The average Bonchev–Trinajstić information content (AvgIpc) is 2.38. The molecule has 0 aliphatic carbocycles. The molecule has 2 N–H and O–H groups in total. The number of halogens is 1. The van der Waals surface area contributed by atoms with Gasteiger partial charge in [-0.15, -0.1) is 0 Å². The lowest BCUT2D eigenvalue weighted by Gasteiger charge is -2.08. The topological polar surface area (TPSA) is 50.7 Å². The fourth-order valence-electron chi connectivity index (χ4n) is 1.52. The van der Waals surface area contributed by atoms with Gasteiger partial charge in [0.2, 0.25) is 0 Å². The minimum absolute atomic E-state index is 0.0811. The molecular weight excluding hydrogens is 254 g/mol. The van der Waals surface area contributed by atoms with E-state index in [4.69, 9.17) is 26.2 Å². The number of methoxy groups -OCH3 is 1. The van der Waals surface area contributed by atoms with Gasteiger partial charge in [0.15, 0.2) is 0 Å². The molecular formula is C13H20ClNO3. The van der Waals surface area contributed by atoms with Crippen LogP contribution in [0, 0.1) is 0 Å². The van der Waals surface area contributed by atoms with Gasteiger partial charge in [-0.1, -0.05) is 17.7 Å². The van der Waals surface area contributed by atoms with E-state index in [1.807, 2.05) is 18.2 Å². The normalized spacial score (nSPS) is 10.6. The summed E-state index contributed by atoms with van der Waals surface area (Å²) in [6, 6.07) is 5.75. The molecule has 0 fully saturated rings. The van der Waals surface area contributed by atoms with Crippen LogP contribution in [0.3, 0.4) is 0 Å². The molecule has 5 heteroatoms. The van der Waals surface area contributed by atoms with Crippen molar-refractivity contribution < 1.29 is 14.6 Å². The third-order valence-electron chi connectivity index (χ3n) is 2.42. The summed E-state index contributed by atoms with van der Waals surface area (Å²) in [4.78, 5) is 0. The predicted molar refractivity (Wildman–Crippen MR) is 72.2 cm³/mol. The summed E-state index contributed by atoms with van der Waals surface area (Å²) < 4.78 is 10.2. The zero-order valence-corrected chi connectivity index (χ0v) is 11.4. The number of benzene rings is 1. The van der Waals surface area contributed by atoms with Crippen molar-refractivity contribution in [1.82, 2.24) is 5.32 Å². The first-order valence-electron chi connectivity index (χ1n) is 5.99. The van der Waals surface area contributed by atoms with Gasteiger partial charge in [-0.05, 0) is 30.7 Å². The smallest absolute Gasteiger partial charge is 0.137 e. The number of ether oxygens (including phenoxy) is 2. The van der Waals surface area contributed by atoms with Crippen LogP contribution in [-0.4, -0.2) is 38.6 Å². The Morgan fingerprint density at radius 1 is 1.33 bits per heavy atom. The summed E-state index contributed by atoms with van der Waals surface area (Å²) in [7, 11) is 1.60. The van der Waals surface area contributed by atoms with Gasteiger partial charge >= 0.3 is 0 Å². The number of aliphatic hydroxyl groups is 1. The standard InChI is InChI=1S/C13H20ClNO3/c1-17-13-4-3-11(9-12(13)14)10-15-5-2-7-18-8-6-16/h3-4,9,15-16H,2,5-8,10H2,1H3. The maximum absolute atomic E-state index is 8.52. The molecule has 4 nitrogen and oxygen atoms in total. The van der Waals surface area contributed by atoms with Crippen molar-refractivity contribution in [3.8, 4) is 5.75 Å². The van der Waals surface area contributed by atoms with Gasteiger partial charge in [-0.3, -0.25) is 0 Å². The second kappa shape index (κ2) is 9.16. The molecule has 0 spiro atoms. The summed E-state index contributed by atoms with van der Waals surface area (Å²) in [6.45, 7) is 2.79. The van der Waals surface area contributed by atoms with Crippen LogP contribution in [0.15, 0.2) is 18.2 Å². The Hall–Kier alpha value is -0.810. The monoisotopic (exact) mass is 273 g/mol. The van der Waals surface area contributed by atoms with E-state index in [9.17, 15) is 0 Å². The van der Waals surface area contributed by atoms with Gasteiger partial charge in [-0.2, -0.15) is 0 Å². The largest absolute Gasteiger partial charge is 0.495 e. The highest BCUT2D eigenvalue weighted by Crippen LogP contribution is 2.24. The first-order valence-corrected chi connectivity index (χ1v) is 6.37. The molecule has 0 atom stereocenters. The van der Waals surface area contributed by atoms with Crippen molar-refractivity contribution in [2.45, 2.75) is 13.0 Å². The molecule has 0 aliphatic heterocycles. The Bertz CT molecular complexity index is 347. The van der Waals surface area contributed by atoms with Crippen LogP contribution in [0.5, 0.6) is 5.75 Å². The van der Waals surface area contributed by atoms with E-state index in [1.54, 1.807) is 7.11 Å². The van der Waals surface area contributed by atoms with Gasteiger partial charge in [0, 0.05) is 13.2 Å². The van der Waals surface area contributed by atoms with Crippen molar-refractivity contribution in [3.63, 3.8) is 0 Å². The van der Waals surface area contributed by atoms with Crippen molar-refractivity contribution in [3.05, 3.63) is 28.8 Å². The Labute approximate surface area is 113 Å². The highest BCUT2D eigenvalue weighted by atomic mass is 35.5. The Balaban J connectivity index is 2.17. The lowest BCUT2D eigenvalue weighted by atomic mass is 10.2. The average molecular weight is 274 g/mol. The van der Waals surface area contributed by atoms with Crippen molar-refractivity contribution in [2.24, 2.45) is 0 Å². The molecule has 1 aromatic rings. The van der Waals surface area contributed by atoms with Gasteiger partial charge < -0.3 is 19.9 Å².